The van der Waals surface area contributed by atoms with Crippen LogP contribution >= 0.6 is 0 Å². The number of ether oxygens (including phenoxy) is 1. The molecule has 1 unspecified atom stereocenters. The normalized spacial score (nSPS) is 18.4. The molecule has 0 saturated carbocycles. The topological polar surface area (TPSA) is 99.9 Å². The van der Waals surface area contributed by atoms with Gasteiger partial charge in [-0.05, 0) is 37.6 Å². The first-order valence-electron chi connectivity index (χ1n) is 11.8. The van der Waals surface area contributed by atoms with Crippen LogP contribution in [0.1, 0.15) is 12.6 Å². The van der Waals surface area contributed by atoms with Crippen molar-refractivity contribution in [1.82, 2.24) is 14.5 Å². The Morgan fingerprint density at radius 1 is 1.24 bits per heavy atom. The number of hydrogen-bond donors (Lipinski definition) is 2. The summed E-state index contributed by atoms with van der Waals surface area (Å²) < 4.78 is 47.2. The molecule has 0 spiro atoms. The number of amides is 1. The van der Waals surface area contributed by atoms with E-state index in [1.807, 2.05) is 6.07 Å². The van der Waals surface area contributed by atoms with Crippen LogP contribution in [-0.2, 0) is 16.6 Å². The highest BCUT2D eigenvalue weighted by Gasteiger charge is 2.42. The maximum atomic E-state index is 13.4. The molecule has 2 aliphatic rings. The van der Waals surface area contributed by atoms with Gasteiger partial charge in [-0.15, -0.1) is 0 Å². The van der Waals surface area contributed by atoms with Crippen molar-refractivity contribution in [3.63, 3.8) is 0 Å². The van der Waals surface area contributed by atoms with Crippen LogP contribution in [0.2, 0.25) is 0 Å². The number of halogens is 3. The van der Waals surface area contributed by atoms with Crippen molar-refractivity contribution in [2.45, 2.75) is 26.3 Å². The van der Waals surface area contributed by atoms with Gasteiger partial charge in [0.1, 0.15) is 5.82 Å². The number of nitrogens with zero attached hydrogens (tertiary/aromatic N) is 4. The molecule has 4 heterocycles. The van der Waals surface area contributed by atoms with Crippen LogP contribution in [0.3, 0.4) is 0 Å². The summed E-state index contributed by atoms with van der Waals surface area (Å²) in [4.78, 5) is 33.0. The van der Waals surface area contributed by atoms with E-state index in [4.69, 9.17) is 4.74 Å². The number of rotatable bonds is 5. The fraction of sp³-hybridized carbons (Fsp3) is 0.400. The molecule has 12 heteroatoms. The number of morpholine rings is 1. The summed E-state index contributed by atoms with van der Waals surface area (Å²) in [7, 11) is 1.69. The molecular formula is C25H28F3N5O4. The maximum absolute atomic E-state index is 13.4. The monoisotopic (exact) mass is 519 g/mol. The quantitative estimate of drug-likeness (QED) is 0.627. The lowest BCUT2D eigenvalue weighted by molar-refractivity contribution is -0.118. The zero-order valence-electron chi connectivity index (χ0n) is 20.7. The fourth-order valence-corrected chi connectivity index (χ4v) is 4.29. The van der Waals surface area contributed by atoms with Gasteiger partial charge >= 0.3 is 6.18 Å². The second kappa shape index (κ2) is 10.4. The Balaban J connectivity index is 1.65. The maximum Gasteiger partial charge on any atom is 0.417 e. The van der Waals surface area contributed by atoms with E-state index >= 15 is 0 Å². The van der Waals surface area contributed by atoms with E-state index in [0.717, 1.165) is 10.7 Å². The number of aliphatic hydroxyl groups excluding tert-OH is 1. The summed E-state index contributed by atoms with van der Waals surface area (Å²) in [6.07, 6.45) is -3.47. The van der Waals surface area contributed by atoms with Gasteiger partial charge in [0.2, 0.25) is 0 Å². The Morgan fingerprint density at radius 2 is 1.95 bits per heavy atom. The van der Waals surface area contributed by atoms with Crippen molar-refractivity contribution in [3.05, 3.63) is 63.9 Å². The predicted octanol–water partition coefficient (Wildman–Crippen LogP) is 2.56. The van der Waals surface area contributed by atoms with E-state index in [0.29, 0.717) is 49.2 Å². The molecule has 2 aromatic heterocycles. The number of alkyl halides is 3. The van der Waals surface area contributed by atoms with Gasteiger partial charge < -0.3 is 25.0 Å². The Labute approximate surface area is 211 Å². The number of anilines is 2. The summed E-state index contributed by atoms with van der Waals surface area (Å²) >= 11 is 0. The van der Waals surface area contributed by atoms with E-state index in [-0.39, 0.29) is 23.4 Å². The van der Waals surface area contributed by atoms with Crippen molar-refractivity contribution < 1.29 is 27.8 Å². The Bertz CT molecular complexity index is 1310. The molecule has 4 rings (SSSR count). The van der Waals surface area contributed by atoms with E-state index in [9.17, 15) is 27.9 Å². The lowest BCUT2D eigenvalue weighted by Gasteiger charge is -2.32. The number of hydrogen-bond acceptors (Lipinski definition) is 7. The van der Waals surface area contributed by atoms with Crippen molar-refractivity contribution in [2.75, 3.05) is 43.1 Å². The highest BCUT2D eigenvalue weighted by molar-refractivity contribution is 6.06. The van der Waals surface area contributed by atoms with Crippen LogP contribution in [0, 0.1) is 6.92 Å². The zero-order chi connectivity index (χ0) is 26.9. The Hall–Kier alpha value is -3.64. The van der Waals surface area contributed by atoms with Gasteiger partial charge in [-0.3, -0.25) is 19.1 Å². The van der Waals surface area contributed by atoms with Crippen molar-refractivity contribution in [1.29, 1.82) is 0 Å². The first kappa shape index (κ1) is 26.4. The molecule has 0 aromatic carbocycles. The lowest BCUT2D eigenvalue weighted by atomic mass is 10.0. The second-order valence-corrected chi connectivity index (χ2v) is 8.80. The lowest BCUT2D eigenvalue weighted by Crippen LogP contribution is -2.40. The number of nitrogens with one attached hydrogen (secondary N) is 1. The van der Waals surface area contributed by atoms with Gasteiger partial charge in [-0.1, -0.05) is 0 Å². The third kappa shape index (κ3) is 5.54. The molecule has 0 aliphatic carbocycles. The minimum absolute atomic E-state index is 0.0655. The van der Waals surface area contributed by atoms with Crippen LogP contribution in [0.4, 0.5) is 24.7 Å². The number of carbonyl (C=O) groups is 1. The average molecular weight is 520 g/mol. The summed E-state index contributed by atoms with van der Waals surface area (Å²) in [6, 6.07) is 4.97. The van der Waals surface area contributed by atoms with Crippen LogP contribution in [0.25, 0.3) is 11.1 Å². The van der Waals surface area contributed by atoms with Gasteiger partial charge in [0.05, 0.1) is 36.2 Å². The number of aryl methyl sites for hydroxylation is 1. The SMILES string of the molecule is CCN1C=C(C(=O)Nc2cnc(C)c(-c3cc(N4CCOCC4)n(C)c(=O)c3)c2)C=C(C(F)(F)F)C1O. The number of aromatic nitrogens is 2. The molecule has 2 aliphatic heterocycles. The van der Waals surface area contributed by atoms with Gasteiger partial charge in [0.15, 0.2) is 6.23 Å². The molecule has 1 fully saturated rings. The number of pyridine rings is 2. The highest BCUT2D eigenvalue weighted by Crippen LogP contribution is 2.34. The molecule has 1 saturated heterocycles. The zero-order valence-corrected chi connectivity index (χ0v) is 20.7. The van der Waals surface area contributed by atoms with E-state index in [1.165, 1.54) is 18.5 Å². The fourth-order valence-electron chi connectivity index (χ4n) is 4.29. The van der Waals surface area contributed by atoms with Crippen LogP contribution in [0.15, 0.2) is 52.6 Å². The van der Waals surface area contributed by atoms with Gasteiger partial charge in [-0.25, -0.2) is 0 Å². The number of aliphatic hydroxyl groups is 1. The first-order valence-corrected chi connectivity index (χ1v) is 11.8. The first-order chi connectivity index (χ1) is 17.5. The molecular weight excluding hydrogens is 491 g/mol. The Morgan fingerprint density at radius 3 is 2.59 bits per heavy atom. The van der Waals surface area contributed by atoms with Crippen molar-refractivity contribution >= 4 is 17.4 Å². The summed E-state index contributed by atoms with van der Waals surface area (Å²) in [5, 5.41) is 12.6. The number of likely N-dealkylation sites (N-methyl/N-ethyl adjacent to an activating group) is 1. The largest absolute Gasteiger partial charge is 0.417 e. The molecule has 2 N–H and O–H groups in total. The molecule has 2 aromatic rings. The number of carbonyl (C=O) groups excluding carboxylic acids is 1. The summed E-state index contributed by atoms with van der Waals surface area (Å²) in [5.74, 6) is -0.0725. The second-order valence-electron chi connectivity index (χ2n) is 8.80. The van der Waals surface area contributed by atoms with E-state index in [2.05, 4.69) is 15.2 Å². The summed E-state index contributed by atoms with van der Waals surface area (Å²) in [6.45, 7) is 5.76. The van der Waals surface area contributed by atoms with Gasteiger partial charge in [0, 0.05) is 50.2 Å². The van der Waals surface area contributed by atoms with Gasteiger partial charge in [0.25, 0.3) is 11.5 Å². The average Bonchev–Trinajstić information content (AvgIpc) is 2.86. The smallest absolute Gasteiger partial charge is 0.378 e. The highest BCUT2D eigenvalue weighted by atomic mass is 19.4. The molecule has 1 amide bonds. The van der Waals surface area contributed by atoms with E-state index < -0.39 is 23.9 Å². The van der Waals surface area contributed by atoms with Crippen LogP contribution < -0.4 is 15.8 Å². The van der Waals surface area contributed by atoms with Crippen LogP contribution in [0.5, 0.6) is 0 Å². The molecule has 1 atom stereocenters. The van der Waals surface area contributed by atoms with Crippen molar-refractivity contribution in [3.8, 4) is 11.1 Å². The van der Waals surface area contributed by atoms with Crippen LogP contribution in [-0.4, -0.2) is 70.7 Å². The minimum Gasteiger partial charge on any atom is -0.378 e. The molecule has 9 nitrogen and oxygen atoms in total. The minimum atomic E-state index is -4.80. The molecule has 0 radical (unpaired) electrons. The summed E-state index contributed by atoms with van der Waals surface area (Å²) in [5.41, 5.74) is 0.349. The predicted molar refractivity (Wildman–Crippen MR) is 132 cm³/mol. The van der Waals surface area contributed by atoms with Gasteiger partial charge in [-0.2, -0.15) is 13.2 Å². The van der Waals surface area contributed by atoms with Crippen molar-refractivity contribution in [2.24, 2.45) is 7.05 Å². The molecule has 0 bridgehead atoms. The molecule has 37 heavy (non-hydrogen) atoms. The third-order valence-corrected chi connectivity index (χ3v) is 6.39. The van der Waals surface area contributed by atoms with E-state index in [1.54, 1.807) is 31.5 Å². The standard InChI is InChI=1S/C25H28F3N5O4/c1-4-32-14-17(9-20(24(32)36)25(26,27)28)23(35)30-18-12-19(15(2)29-13-18)16-10-21(31(3)22(34)11-16)33-5-7-37-8-6-33/h9-14,24,36H,4-8H2,1-3H3,(H,30,35). The third-order valence-electron chi connectivity index (χ3n) is 6.39. The Kier molecular flexibility index (Phi) is 7.42. The molecule has 198 valence electrons.